The average Bonchev–Trinajstić information content (AvgIpc) is 3.28. The van der Waals surface area contributed by atoms with Crippen LogP contribution in [0.5, 0.6) is 0 Å². The molecule has 0 bridgehead atoms. The zero-order chi connectivity index (χ0) is 17.9. The monoisotopic (exact) mass is 395 g/mol. The molecule has 0 amide bonds. The van der Waals surface area contributed by atoms with Crippen molar-refractivity contribution < 1.29 is 9.15 Å². The molecule has 2 aliphatic rings. The van der Waals surface area contributed by atoms with Gasteiger partial charge in [-0.1, -0.05) is 23.2 Å². The molecule has 1 aromatic heterocycles. The van der Waals surface area contributed by atoms with Crippen LogP contribution in [0.3, 0.4) is 0 Å². The van der Waals surface area contributed by atoms with E-state index in [2.05, 4.69) is 14.8 Å². The largest absolute Gasteiger partial charge is 0.444 e. The molecule has 5 nitrogen and oxygen atoms in total. The molecule has 1 aromatic carbocycles. The van der Waals surface area contributed by atoms with Gasteiger partial charge in [-0.15, -0.1) is 0 Å². The van der Waals surface area contributed by atoms with Gasteiger partial charge in [-0.25, -0.2) is 4.98 Å². The van der Waals surface area contributed by atoms with E-state index in [1.54, 1.807) is 12.3 Å². The standard InChI is InChI=1S/C19H23Cl2N3O2/c20-16-7-15(8-17(21)9-16)19-22-18(13-26-19)11-24-4-2-23(3-5-24)10-14-1-6-25-12-14/h7-9,13-14H,1-6,10-12H2. The number of nitrogens with zero attached hydrogens (tertiary/aromatic N) is 3. The second-order valence-corrected chi connectivity index (χ2v) is 7.98. The first-order valence-corrected chi connectivity index (χ1v) is 9.84. The molecule has 7 heteroatoms. The highest BCUT2D eigenvalue weighted by atomic mass is 35.5. The van der Waals surface area contributed by atoms with Crippen molar-refractivity contribution in [3.8, 4) is 11.5 Å². The minimum Gasteiger partial charge on any atom is -0.444 e. The molecule has 4 rings (SSSR count). The van der Waals surface area contributed by atoms with Gasteiger partial charge in [0, 0.05) is 61.5 Å². The third-order valence-corrected chi connectivity index (χ3v) is 5.49. The van der Waals surface area contributed by atoms with Gasteiger partial charge >= 0.3 is 0 Å². The minimum atomic E-state index is 0.560. The average molecular weight is 396 g/mol. The number of halogens is 2. The van der Waals surface area contributed by atoms with Crippen molar-refractivity contribution in [3.05, 3.63) is 40.2 Å². The summed E-state index contributed by atoms with van der Waals surface area (Å²) in [5, 5.41) is 1.16. The van der Waals surface area contributed by atoms with E-state index in [1.807, 2.05) is 12.1 Å². The molecule has 0 saturated carbocycles. The quantitative estimate of drug-likeness (QED) is 0.769. The van der Waals surface area contributed by atoms with Crippen molar-refractivity contribution >= 4 is 23.2 Å². The first-order valence-electron chi connectivity index (χ1n) is 9.09. The molecule has 0 aliphatic carbocycles. The van der Waals surface area contributed by atoms with Crippen LogP contribution in [0.2, 0.25) is 10.0 Å². The Kier molecular flexibility index (Phi) is 5.81. The second kappa shape index (κ2) is 8.28. The van der Waals surface area contributed by atoms with Gasteiger partial charge in [-0.05, 0) is 30.5 Å². The van der Waals surface area contributed by atoms with Crippen LogP contribution >= 0.6 is 23.2 Å². The van der Waals surface area contributed by atoms with Gasteiger partial charge in [-0.2, -0.15) is 0 Å². The summed E-state index contributed by atoms with van der Waals surface area (Å²) < 4.78 is 11.1. The van der Waals surface area contributed by atoms with Crippen molar-refractivity contribution in [3.63, 3.8) is 0 Å². The van der Waals surface area contributed by atoms with Crippen LogP contribution in [0.4, 0.5) is 0 Å². The van der Waals surface area contributed by atoms with Crippen LogP contribution < -0.4 is 0 Å². The van der Waals surface area contributed by atoms with Gasteiger partial charge in [0.15, 0.2) is 0 Å². The number of hydrogen-bond acceptors (Lipinski definition) is 5. The Morgan fingerprint density at radius 2 is 1.77 bits per heavy atom. The third-order valence-electron chi connectivity index (χ3n) is 5.05. The summed E-state index contributed by atoms with van der Waals surface area (Å²) in [6.07, 6.45) is 2.93. The van der Waals surface area contributed by atoms with Crippen LogP contribution in [-0.2, 0) is 11.3 Å². The van der Waals surface area contributed by atoms with Crippen molar-refractivity contribution in [2.45, 2.75) is 13.0 Å². The Labute approximate surface area is 163 Å². The Bertz CT molecular complexity index is 718. The second-order valence-electron chi connectivity index (χ2n) is 7.11. The highest BCUT2D eigenvalue weighted by molar-refractivity contribution is 6.35. The number of ether oxygens (including phenoxy) is 1. The smallest absolute Gasteiger partial charge is 0.226 e. The van der Waals surface area contributed by atoms with E-state index >= 15 is 0 Å². The number of hydrogen-bond donors (Lipinski definition) is 0. The molecule has 1 unspecified atom stereocenters. The van der Waals surface area contributed by atoms with Crippen LogP contribution in [0.25, 0.3) is 11.5 Å². The Hall–Kier alpha value is -1.11. The molecule has 26 heavy (non-hydrogen) atoms. The zero-order valence-corrected chi connectivity index (χ0v) is 16.2. The lowest BCUT2D eigenvalue weighted by molar-refractivity contribution is 0.106. The molecule has 3 heterocycles. The van der Waals surface area contributed by atoms with E-state index in [4.69, 9.17) is 32.4 Å². The van der Waals surface area contributed by atoms with Gasteiger partial charge in [-0.3, -0.25) is 4.90 Å². The Balaban J connectivity index is 1.30. The van der Waals surface area contributed by atoms with Crippen molar-refractivity contribution in [1.82, 2.24) is 14.8 Å². The maximum atomic E-state index is 6.06. The normalized spacial score (nSPS) is 22.2. The molecular weight excluding hydrogens is 373 g/mol. The first kappa shape index (κ1) is 18.3. The van der Waals surface area contributed by atoms with Gasteiger partial charge in [0.25, 0.3) is 0 Å². The maximum absolute atomic E-state index is 6.06. The molecular formula is C19H23Cl2N3O2. The van der Waals surface area contributed by atoms with E-state index in [9.17, 15) is 0 Å². The van der Waals surface area contributed by atoms with E-state index in [1.165, 1.54) is 6.42 Å². The Morgan fingerprint density at radius 3 is 2.46 bits per heavy atom. The van der Waals surface area contributed by atoms with Crippen LogP contribution in [0, 0.1) is 5.92 Å². The lowest BCUT2D eigenvalue weighted by Gasteiger charge is -2.35. The van der Waals surface area contributed by atoms with E-state index in [-0.39, 0.29) is 0 Å². The van der Waals surface area contributed by atoms with E-state index < -0.39 is 0 Å². The van der Waals surface area contributed by atoms with E-state index in [0.717, 1.165) is 63.7 Å². The predicted molar refractivity (Wildman–Crippen MR) is 103 cm³/mol. The molecule has 2 fully saturated rings. The summed E-state index contributed by atoms with van der Waals surface area (Å²) in [5.74, 6) is 1.27. The third kappa shape index (κ3) is 4.59. The summed E-state index contributed by atoms with van der Waals surface area (Å²) in [5.41, 5.74) is 1.74. The van der Waals surface area contributed by atoms with Crippen molar-refractivity contribution in [2.75, 3.05) is 45.9 Å². The highest BCUT2D eigenvalue weighted by Gasteiger charge is 2.23. The minimum absolute atomic E-state index is 0.560. The highest BCUT2D eigenvalue weighted by Crippen LogP contribution is 2.27. The molecule has 0 radical (unpaired) electrons. The van der Waals surface area contributed by atoms with Crippen molar-refractivity contribution in [2.24, 2.45) is 5.92 Å². The fourth-order valence-corrected chi connectivity index (χ4v) is 4.17. The van der Waals surface area contributed by atoms with Gasteiger partial charge < -0.3 is 14.1 Å². The topological polar surface area (TPSA) is 41.7 Å². The summed E-state index contributed by atoms with van der Waals surface area (Å²) in [6.45, 7) is 8.13. The SMILES string of the molecule is Clc1cc(Cl)cc(-c2nc(CN3CCN(CC4CCOC4)CC3)co2)c1. The molecule has 1 atom stereocenters. The number of aromatic nitrogens is 1. The summed E-state index contributed by atoms with van der Waals surface area (Å²) >= 11 is 12.1. The lowest BCUT2D eigenvalue weighted by Crippen LogP contribution is -2.47. The zero-order valence-electron chi connectivity index (χ0n) is 14.7. The summed E-state index contributed by atoms with van der Waals surface area (Å²) in [7, 11) is 0. The molecule has 0 spiro atoms. The number of benzene rings is 1. The van der Waals surface area contributed by atoms with Gasteiger partial charge in [0.05, 0.1) is 12.3 Å². The molecule has 2 saturated heterocycles. The maximum Gasteiger partial charge on any atom is 0.226 e. The molecule has 0 N–H and O–H groups in total. The van der Waals surface area contributed by atoms with Gasteiger partial charge in [0.2, 0.25) is 5.89 Å². The van der Waals surface area contributed by atoms with Crippen LogP contribution in [0.1, 0.15) is 12.1 Å². The number of piperazine rings is 1. The molecule has 2 aliphatic heterocycles. The predicted octanol–water partition coefficient (Wildman–Crippen LogP) is 3.80. The summed E-state index contributed by atoms with van der Waals surface area (Å²) in [6, 6.07) is 5.33. The van der Waals surface area contributed by atoms with Gasteiger partial charge in [0.1, 0.15) is 6.26 Å². The van der Waals surface area contributed by atoms with E-state index in [0.29, 0.717) is 21.9 Å². The van der Waals surface area contributed by atoms with Crippen LogP contribution in [-0.4, -0.2) is 60.7 Å². The lowest BCUT2D eigenvalue weighted by atomic mass is 10.1. The number of oxazole rings is 1. The molecule has 140 valence electrons. The Morgan fingerprint density at radius 1 is 1.04 bits per heavy atom. The van der Waals surface area contributed by atoms with Crippen LogP contribution in [0.15, 0.2) is 28.9 Å². The summed E-state index contributed by atoms with van der Waals surface area (Å²) in [4.78, 5) is 9.58. The fourth-order valence-electron chi connectivity index (χ4n) is 3.64. The molecule has 2 aromatic rings. The number of rotatable bonds is 5. The first-order chi connectivity index (χ1) is 12.7. The van der Waals surface area contributed by atoms with Crippen molar-refractivity contribution in [1.29, 1.82) is 0 Å². The fraction of sp³-hybridized carbons (Fsp3) is 0.526.